The van der Waals surface area contributed by atoms with E-state index in [4.69, 9.17) is 0 Å². The second kappa shape index (κ2) is 5.87. The number of carbonyl (C=O) groups excluding carboxylic acids is 1. The van der Waals surface area contributed by atoms with Crippen molar-refractivity contribution >= 4 is 5.91 Å². The molecule has 0 unspecified atom stereocenters. The summed E-state index contributed by atoms with van der Waals surface area (Å²) >= 11 is 0. The van der Waals surface area contributed by atoms with Crippen LogP contribution in [0.4, 0.5) is 0 Å². The Balaban J connectivity index is 1.75. The highest BCUT2D eigenvalue weighted by atomic mass is 16.3. The summed E-state index contributed by atoms with van der Waals surface area (Å²) in [7, 11) is 0. The molecular formula is C15H25NO2. The minimum atomic E-state index is -0.266. The fourth-order valence-corrected chi connectivity index (χ4v) is 3.06. The van der Waals surface area contributed by atoms with E-state index in [0.717, 1.165) is 38.5 Å². The molecule has 0 saturated heterocycles. The van der Waals surface area contributed by atoms with Gasteiger partial charge in [-0.3, -0.25) is 4.79 Å². The monoisotopic (exact) mass is 251 g/mol. The van der Waals surface area contributed by atoms with Crippen LogP contribution in [-0.2, 0) is 4.79 Å². The Morgan fingerprint density at radius 3 is 2.94 bits per heavy atom. The summed E-state index contributed by atoms with van der Waals surface area (Å²) in [4.78, 5) is 11.9. The molecule has 18 heavy (non-hydrogen) atoms. The van der Waals surface area contributed by atoms with Crippen molar-refractivity contribution in [1.82, 2.24) is 5.32 Å². The van der Waals surface area contributed by atoms with E-state index in [0.29, 0.717) is 18.9 Å². The number of carbonyl (C=O) groups is 1. The SMILES string of the molecule is C[C@]1(CNC(=O)C[C@H]2C=CCC2)CCCC[C@@H]1O. The number of aliphatic hydroxyl groups is 1. The van der Waals surface area contributed by atoms with Crippen molar-refractivity contribution in [3.8, 4) is 0 Å². The lowest BCUT2D eigenvalue weighted by Gasteiger charge is -2.38. The minimum Gasteiger partial charge on any atom is -0.392 e. The molecule has 0 spiro atoms. The maximum atomic E-state index is 11.9. The van der Waals surface area contributed by atoms with Crippen LogP contribution in [0, 0.1) is 11.3 Å². The number of amides is 1. The Labute approximate surface area is 110 Å². The van der Waals surface area contributed by atoms with Gasteiger partial charge in [-0.2, -0.15) is 0 Å². The lowest BCUT2D eigenvalue weighted by molar-refractivity contribution is -0.122. The second-order valence-electron chi connectivity index (χ2n) is 6.16. The van der Waals surface area contributed by atoms with Crippen molar-refractivity contribution in [3.63, 3.8) is 0 Å². The average Bonchev–Trinajstić information content (AvgIpc) is 2.84. The molecule has 2 rings (SSSR count). The van der Waals surface area contributed by atoms with Crippen molar-refractivity contribution in [2.24, 2.45) is 11.3 Å². The normalized spacial score (nSPS) is 35.7. The van der Waals surface area contributed by atoms with Gasteiger partial charge in [0.15, 0.2) is 0 Å². The van der Waals surface area contributed by atoms with E-state index in [1.165, 1.54) is 0 Å². The molecule has 0 radical (unpaired) electrons. The van der Waals surface area contributed by atoms with Crippen LogP contribution in [0.1, 0.15) is 51.9 Å². The predicted molar refractivity (Wildman–Crippen MR) is 72.1 cm³/mol. The first-order valence-corrected chi connectivity index (χ1v) is 7.21. The number of nitrogens with one attached hydrogen (secondary N) is 1. The maximum Gasteiger partial charge on any atom is 0.220 e. The molecule has 3 nitrogen and oxygen atoms in total. The molecule has 1 saturated carbocycles. The summed E-state index contributed by atoms with van der Waals surface area (Å²) in [6.07, 6.45) is 11.0. The molecule has 0 heterocycles. The van der Waals surface area contributed by atoms with Crippen molar-refractivity contribution in [2.75, 3.05) is 6.54 Å². The fraction of sp³-hybridized carbons (Fsp3) is 0.800. The number of allylic oxidation sites excluding steroid dienone is 2. The van der Waals surface area contributed by atoms with E-state index >= 15 is 0 Å². The summed E-state index contributed by atoms with van der Waals surface area (Å²) in [6.45, 7) is 2.70. The number of hydrogen-bond acceptors (Lipinski definition) is 2. The molecule has 102 valence electrons. The highest BCUT2D eigenvalue weighted by Gasteiger charge is 2.35. The van der Waals surface area contributed by atoms with Crippen LogP contribution in [0.2, 0.25) is 0 Å². The second-order valence-corrected chi connectivity index (χ2v) is 6.16. The highest BCUT2D eigenvalue weighted by molar-refractivity contribution is 5.76. The van der Waals surface area contributed by atoms with Gasteiger partial charge in [-0.1, -0.05) is 31.9 Å². The topological polar surface area (TPSA) is 49.3 Å². The van der Waals surface area contributed by atoms with Gasteiger partial charge in [-0.15, -0.1) is 0 Å². The van der Waals surface area contributed by atoms with E-state index in [-0.39, 0.29) is 17.4 Å². The zero-order valence-corrected chi connectivity index (χ0v) is 11.3. The van der Waals surface area contributed by atoms with Crippen LogP contribution in [-0.4, -0.2) is 23.7 Å². The largest absolute Gasteiger partial charge is 0.392 e. The summed E-state index contributed by atoms with van der Waals surface area (Å²) in [6, 6.07) is 0. The smallest absolute Gasteiger partial charge is 0.220 e. The Morgan fingerprint density at radius 1 is 1.44 bits per heavy atom. The Morgan fingerprint density at radius 2 is 2.28 bits per heavy atom. The van der Waals surface area contributed by atoms with Crippen molar-refractivity contribution in [2.45, 2.75) is 58.0 Å². The Bertz CT molecular complexity index is 326. The molecule has 0 aliphatic heterocycles. The summed E-state index contributed by atoms with van der Waals surface area (Å²) in [5.41, 5.74) is -0.126. The van der Waals surface area contributed by atoms with Crippen LogP contribution in [0.25, 0.3) is 0 Å². The van der Waals surface area contributed by atoms with Gasteiger partial charge >= 0.3 is 0 Å². The first-order chi connectivity index (χ1) is 8.60. The van der Waals surface area contributed by atoms with E-state index in [1.54, 1.807) is 0 Å². The molecule has 1 amide bonds. The first kappa shape index (κ1) is 13.6. The predicted octanol–water partition coefficient (Wildman–Crippen LogP) is 2.40. The van der Waals surface area contributed by atoms with Crippen LogP contribution >= 0.6 is 0 Å². The lowest BCUT2D eigenvalue weighted by atomic mass is 9.73. The molecule has 0 aromatic heterocycles. The van der Waals surface area contributed by atoms with Gasteiger partial charge in [0.1, 0.15) is 0 Å². The summed E-state index contributed by atoms with van der Waals surface area (Å²) < 4.78 is 0. The van der Waals surface area contributed by atoms with E-state index < -0.39 is 0 Å². The zero-order valence-electron chi connectivity index (χ0n) is 11.3. The third kappa shape index (κ3) is 3.35. The average molecular weight is 251 g/mol. The van der Waals surface area contributed by atoms with Gasteiger partial charge in [0.25, 0.3) is 0 Å². The standard InChI is InChI=1S/C15H25NO2/c1-15(9-5-4-8-13(15)17)11-16-14(18)10-12-6-2-3-7-12/h2,6,12-13,17H,3-5,7-11H2,1H3,(H,16,18)/t12-,13-,15+/m0/s1. The van der Waals surface area contributed by atoms with Gasteiger partial charge in [0.2, 0.25) is 5.91 Å². The molecule has 0 aromatic rings. The molecule has 3 atom stereocenters. The van der Waals surface area contributed by atoms with E-state index in [2.05, 4.69) is 24.4 Å². The number of aliphatic hydroxyl groups excluding tert-OH is 1. The van der Waals surface area contributed by atoms with Crippen molar-refractivity contribution < 1.29 is 9.90 Å². The maximum absolute atomic E-state index is 11.9. The Hall–Kier alpha value is -0.830. The molecule has 0 aromatic carbocycles. The molecular weight excluding hydrogens is 226 g/mol. The molecule has 3 heteroatoms. The van der Waals surface area contributed by atoms with Crippen LogP contribution in [0.15, 0.2) is 12.2 Å². The van der Waals surface area contributed by atoms with Gasteiger partial charge in [-0.05, 0) is 31.6 Å². The fourth-order valence-electron chi connectivity index (χ4n) is 3.06. The third-order valence-electron chi connectivity index (χ3n) is 4.53. The zero-order chi connectivity index (χ0) is 13.0. The quantitative estimate of drug-likeness (QED) is 0.754. The minimum absolute atomic E-state index is 0.126. The van der Waals surface area contributed by atoms with Crippen LogP contribution < -0.4 is 5.32 Å². The Kier molecular flexibility index (Phi) is 4.44. The summed E-state index contributed by atoms with van der Waals surface area (Å²) in [5.74, 6) is 0.555. The molecule has 1 fully saturated rings. The molecule has 2 aliphatic rings. The number of rotatable bonds is 4. The van der Waals surface area contributed by atoms with E-state index in [9.17, 15) is 9.90 Å². The van der Waals surface area contributed by atoms with Gasteiger partial charge < -0.3 is 10.4 Å². The molecule has 2 aliphatic carbocycles. The first-order valence-electron chi connectivity index (χ1n) is 7.21. The highest BCUT2D eigenvalue weighted by Crippen LogP contribution is 2.35. The van der Waals surface area contributed by atoms with Crippen molar-refractivity contribution in [1.29, 1.82) is 0 Å². The molecule has 0 bridgehead atoms. The lowest BCUT2D eigenvalue weighted by Crippen LogP contribution is -2.45. The van der Waals surface area contributed by atoms with Crippen LogP contribution in [0.3, 0.4) is 0 Å². The molecule has 2 N–H and O–H groups in total. The van der Waals surface area contributed by atoms with Crippen LogP contribution in [0.5, 0.6) is 0 Å². The summed E-state index contributed by atoms with van der Waals surface area (Å²) in [5, 5.41) is 13.1. The van der Waals surface area contributed by atoms with Gasteiger partial charge in [0, 0.05) is 18.4 Å². The van der Waals surface area contributed by atoms with E-state index in [1.807, 2.05) is 0 Å². The third-order valence-corrected chi connectivity index (χ3v) is 4.53. The number of hydrogen-bond donors (Lipinski definition) is 2. The van der Waals surface area contributed by atoms with Gasteiger partial charge in [0.05, 0.1) is 6.10 Å². The van der Waals surface area contributed by atoms with Gasteiger partial charge in [-0.25, -0.2) is 0 Å². The van der Waals surface area contributed by atoms with Crippen molar-refractivity contribution in [3.05, 3.63) is 12.2 Å².